The van der Waals surface area contributed by atoms with Crippen molar-refractivity contribution in [1.29, 1.82) is 0 Å². The van der Waals surface area contributed by atoms with E-state index >= 15 is 0 Å². The van der Waals surface area contributed by atoms with Gasteiger partial charge in [-0.1, -0.05) is 29.8 Å². The van der Waals surface area contributed by atoms with Crippen LogP contribution in [0.2, 0.25) is 0 Å². The Hall–Kier alpha value is -0.900. The van der Waals surface area contributed by atoms with E-state index in [1.807, 2.05) is 0 Å². The van der Waals surface area contributed by atoms with Gasteiger partial charge >= 0.3 is 0 Å². The third-order valence-electron chi connectivity index (χ3n) is 4.67. The van der Waals surface area contributed by atoms with Gasteiger partial charge in [-0.25, -0.2) is 0 Å². The van der Waals surface area contributed by atoms with Crippen molar-refractivity contribution in [2.45, 2.75) is 38.8 Å². The summed E-state index contributed by atoms with van der Waals surface area (Å²) in [5, 5.41) is 3.71. The number of nitrogens with one attached hydrogen (secondary N) is 1. The van der Waals surface area contributed by atoms with Gasteiger partial charge in [0, 0.05) is 37.7 Å². The first-order valence-electron chi connectivity index (χ1n) is 8.20. The number of aryl methyl sites for hydroxylation is 1. The Morgan fingerprint density at radius 3 is 2.90 bits per heavy atom. The van der Waals surface area contributed by atoms with Gasteiger partial charge in [-0.3, -0.25) is 0 Å². The third kappa shape index (κ3) is 4.29. The minimum atomic E-state index is 0.307. The van der Waals surface area contributed by atoms with Crippen LogP contribution in [0.4, 0.5) is 0 Å². The van der Waals surface area contributed by atoms with E-state index in [1.54, 1.807) is 0 Å². The van der Waals surface area contributed by atoms with Crippen LogP contribution in [0.3, 0.4) is 0 Å². The summed E-state index contributed by atoms with van der Waals surface area (Å²) in [6, 6.07) is 9.61. The van der Waals surface area contributed by atoms with Crippen LogP contribution in [0.25, 0.3) is 0 Å². The van der Waals surface area contributed by atoms with Crippen molar-refractivity contribution in [2.24, 2.45) is 5.41 Å². The Morgan fingerprint density at radius 1 is 1.38 bits per heavy atom. The lowest BCUT2D eigenvalue weighted by atomic mass is 9.86. The molecule has 3 rings (SSSR count). The maximum atomic E-state index is 5.72. The molecule has 1 aliphatic heterocycles. The summed E-state index contributed by atoms with van der Waals surface area (Å²) in [5.41, 5.74) is 3.05. The normalized spacial score (nSPS) is 25.7. The van der Waals surface area contributed by atoms with E-state index in [1.165, 1.54) is 30.4 Å². The largest absolute Gasteiger partial charge is 0.381 e. The molecular weight excluding hydrogens is 260 g/mol. The van der Waals surface area contributed by atoms with Gasteiger partial charge in [0.15, 0.2) is 0 Å². The van der Waals surface area contributed by atoms with E-state index < -0.39 is 0 Å². The molecule has 3 heteroatoms. The molecule has 3 nitrogen and oxygen atoms in total. The quantitative estimate of drug-likeness (QED) is 0.834. The van der Waals surface area contributed by atoms with Crippen molar-refractivity contribution < 1.29 is 4.74 Å². The number of benzene rings is 1. The molecule has 2 fully saturated rings. The summed E-state index contributed by atoms with van der Waals surface area (Å²) in [4.78, 5) is 2.46. The number of ether oxygens (including phenoxy) is 1. The second-order valence-electron chi connectivity index (χ2n) is 7.12. The van der Waals surface area contributed by atoms with Gasteiger partial charge in [-0.2, -0.15) is 0 Å². The molecule has 21 heavy (non-hydrogen) atoms. The fraction of sp³-hybridized carbons (Fsp3) is 0.667. The molecule has 1 saturated carbocycles. The third-order valence-corrected chi connectivity index (χ3v) is 4.67. The highest BCUT2D eigenvalue weighted by Crippen LogP contribution is 2.31. The molecule has 0 spiro atoms. The summed E-state index contributed by atoms with van der Waals surface area (Å²) in [5.74, 6) is 0. The highest BCUT2D eigenvalue weighted by Gasteiger charge is 2.37. The molecule has 1 N–H and O–H groups in total. The van der Waals surface area contributed by atoms with Crippen molar-refractivity contribution in [3.63, 3.8) is 0 Å². The SMILES string of the molecule is Cc1cccc(CN(C)CC2(CNC3CC3)CCOC2)c1. The number of rotatable bonds is 7. The zero-order valence-electron chi connectivity index (χ0n) is 13.4. The lowest BCUT2D eigenvalue weighted by Crippen LogP contribution is -2.44. The van der Waals surface area contributed by atoms with Crippen molar-refractivity contribution in [3.05, 3.63) is 35.4 Å². The summed E-state index contributed by atoms with van der Waals surface area (Å²) >= 11 is 0. The Kier molecular flexibility index (Phi) is 4.63. The first kappa shape index (κ1) is 15.0. The second kappa shape index (κ2) is 6.47. The predicted molar refractivity (Wildman–Crippen MR) is 86.4 cm³/mol. The molecule has 0 radical (unpaired) electrons. The smallest absolute Gasteiger partial charge is 0.0547 e. The molecule has 1 unspecified atom stereocenters. The van der Waals surface area contributed by atoms with Crippen LogP contribution in [0.1, 0.15) is 30.4 Å². The number of nitrogens with zero attached hydrogens (tertiary/aromatic N) is 1. The van der Waals surface area contributed by atoms with E-state index in [2.05, 4.69) is 48.5 Å². The summed E-state index contributed by atoms with van der Waals surface area (Å²) < 4.78 is 5.72. The average Bonchev–Trinajstić information content (AvgIpc) is 3.17. The molecule has 1 aliphatic carbocycles. The monoisotopic (exact) mass is 288 g/mol. The van der Waals surface area contributed by atoms with E-state index in [-0.39, 0.29) is 0 Å². The number of hydrogen-bond acceptors (Lipinski definition) is 3. The van der Waals surface area contributed by atoms with Gasteiger partial charge < -0.3 is 15.0 Å². The van der Waals surface area contributed by atoms with Gasteiger partial charge in [0.25, 0.3) is 0 Å². The van der Waals surface area contributed by atoms with Crippen LogP contribution in [0.5, 0.6) is 0 Å². The Labute approximate surface area is 128 Å². The van der Waals surface area contributed by atoms with E-state index in [4.69, 9.17) is 4.74 Å². The lowest BCUT2D eigenvalue weighted by molar-refractivity contribution is 0.116. The fourth-order valence-electron chi connectivity index (χ4n) is 3.37. The fourth-order valence-corrected chi connectivity index (χ4v) is 3.37. The first-order chi connectivity index (χ1) is 10.2. The maximum Gasteiger partial charge on any atom is 0.0547 e. The second-order valence-corrected chi connectivity index (χ2v) is 7.12. The highest BCUT2D eigenvalue weighted by atomic mass is 16.5. The van der Waals surface area contributed by atoms with E-state index in [9.17, 15) is 0 Å². The van der Waals surface area contributed by atoms with Crippen molar-refractivity contribution >= 4 is 0 Å². The van der Waals surface area contributed by atoms with Crippen LogP contribution in [-0.2, 0) is 11.3 Å². The van der Waals surface area contributed by atoms with Crippen LogP contribution in [0.15, 0.2) is 24.3 Å². The zero-order chi connectivity index (χ0) is 14.7. The van der Waals surface area contributed by atoms with E-state index in [0.29, 0.717) is 5.41 Å². The van der Waals surface area contributed by atoms with Gasteiger partial charge in [-0.15, -0.1) is 0 Å². The van der Waals surface area contributed by atoms with Gasteiger partial charge in [0.05, 0.1) is 6.61 Å². The molecule has 1 heterocycles. The molecule has 1 aromatic carbocycles. The molecule has 1 aromatic rings. The van der Waals surface area contributed by atoms with Crippen LogP contribution in [0, 0.1) is 12.3 Å². The van der Waals surface area contributed by atoms with Crippen LogP contribution in [-0.4, -0.2) is 44.3 Å². The molecule has 0 aromatic heterocycles. The maximum absolute atomic E-state index is 5.72. The molecule has 1 atom stereocenters. The van der Waals surface area contributed by atoms with Crippen LogP contribution >= 0.6 is 0 Å². The lowest BCUT2D eigenvalue weighted by Gasteiger charge is -2.32. The van der Waals surface area contributed by atoms with Crippen LogP contribution < -0.4 is 5.32 Å². The van der Waals surface area contributed by atoms with E-state index in [0.717, 1.165) is 38.9 Å². The Balaban J connectivity index is 1.56. The summed E-state index contributed by atoms with van der Waals surface area (Å²) in [7, 11) is 2.24. The van der Waals surface area contributed by atoms with Gasteiger partial charge in [-0.05, 0) is 38.8 Å². The minimum Gasteiger partial charge on any atom is -0.381 e. The van der Waals surface area contributed by atoms with Crippen molar-refractivity contribution in [2.75, 3.05) is 33.4 Å². The van der Waals surface area contributed by atoms with Crippen molar-refractivity contribution in [3.8, 4) is 0 Å². The summed E-state index contributed by atoms with van der Waals surface area (Å²) in [6.07, 6.45) is 3.90. The van der Waals surface area contributed by atoms with Gasteiger partial charge in [0.2, 0.25) is 0 Å². The molecule has 0 amide bonds. The summed E-state index contributed by atoms with van der Waals surface area (Å²) in [6.45, 7) is 7.23. The molecule has 116 valence electrons. The number of hydrogen-bond donors (Lipinski definition) is 1. The molecule has 0 bridgehead atoms. The predicted octanol–water partition coefficient (Wildman–Crippen LogP) is 2.59. The Morgan fingerprint density at radius 2 is 2.24 bits per heavy atom. The molecule has 1 saturated heterocycles. The standard InChI is InChI=1S/C18H28N2O/c1-15-4-3-5-16(10-15)11-20(2)13-18(8-9-21-14-18)12-19-17-6-7-17/h3-5,10,17,19H,6-9,11-14H2,1-2H3. The van der Waals surface area contributed by atoms with Gasteiger partial charge in [0.1, 0.15) is 0 Å². The van der Waals surface area contributed by atoms with Crippen molar-refractivity contribution in [1.82, 2.24) is 10.2 Å². The Bertz CT molecular complexity index is 464. The zero-order valence-corrected chi connectivity index (χ0v) is 13.4. The topological polar surface area (TPSA) is 24.5 Å². The molecule has 2 aliphatic rings. The molecular formula is C18H28N2O. The first-order valence-corrected chi connectivity index (χ1v) is 8.20. The highest BCUT2D eigenvalue weighted by molar-refractivity contribution is 5.22. The minimum absolute atomic E-state index is 0.307. The average molecular weight is 288 g/mol.